The summed E-state index contributed by atoms with van der Waals surface area (Å²) in [4.78, 5) is 0. The van der Waals surface area contributed by atoms with Crippen LogP contribution in [0, 0.1) is 6.92 Å². The Kier molecular flexibility index (Phi) is 5.96. The Hall–Kier alpha value is -1.06. The molecular formula is C20H26BrNO. The van der Waals surface area contributed by atoms with Crippen LogP contribution in [0.25, 0.3) is 11.3 Å². The molecule has 0 saturated heterocycles. The number of halogens is 1. The second-order valence-electron chi connectivity index (χ2n) is 6.65. The molecule has 1 heterocycles. The fourth-order valence-electron chi connectivity index (χ4n) is 3.43. The molecule has 3 rings (SSSR count). The van der Waals surface area contributed by atoms with Gasteiger partial charge in [-0.3, -0.25) is 0 Å². The number of rotatable bonds is 4. The van der Waals surface area contributed by atoms with Gasteiger partial charge in [-0.1, -0.05) is 48.0 Å². The van der Waals surface area contributed by atoms with Crippen LogP contribution >= 0.6 is 15.9 Å². The monoisotopic (exact) mass is 375 g/mol. The molecule has 0 atom stereocenters. The predicted octanol–water partition coefficient (Wildman–Crippen LogP) is 6.22. The van der Waals surface area contributed by atoms with E-state index in [1.165, 1.54) is 56.1 Å². The standard InChI is InChI=1S/C20H26BrNO/c1-15-13-16(21)9-11-19(15)20-12-10-18(23-20)14-22-17-7-5-3-2-4-6-8-17/h9-13,17,22H,2-8,14H2,1H3. The molecule has 23 heavy (non-hydrogen) atoms. The van der Waals surface area contributed by atoms with Crippen LogP contribution in [0.4, 0.5) is 0 Å². The average molecular weight is 376 g/mol. The normalized spacial score (nSPS) is 17.0. The second kappa shape index (κ2) is 8.16. The van der Waals surface area contributed by atoms with E-state index in [4.69, 9.17) is 4.42 Å². The molecule has 1 aromatic heterocycles. The van der Waals surface area contributed by atoms with Crippen molar-refractivity contribution in [2.24, 2.45) is 0 Å². The summed E-state index contributed by atoms with van der Waals surface area (Å²) in [5.41, 5.74) is 2.40. The van der Waals surface area contributed by atoms with Crippen molar-refractivity contribution >= 4 is 15.9 Å². The van der Waals surface area contributed by atoms with Crippen LogP contribution in [-0.4, -0.2) is 6.04 Å². The zero-order chi connectivity index (χ0) is 16.1. The summed E-state index contributed by atoms with van der Waals surface area (Å²) >= 11 is 3.51. The number of nitrogens with one attached hydrogen (secondary N) is 1. The summed E-state index contributed by atoms with van der Waals surface area (Å²) in [6.07, 6.45) is 9.54. The smallest absolute Gasteiger partial charge is 0.134 e. The van der Waals surface area contributed by atoms with Crippen LogP contribution in [0.15, 0.2) is 39.2 Å². The zero-order valence-electron chi connectivity index (χ0n) is 13.9. The Morgan fingerprint density at radius 2 is 1.78 bits per heavy atom. The van der Waals surface area contributed by atoms with Gasteiger partial charge < -0.3 is 9.73 Å². The Bertz CT molecular complexity index is 626. The van der Waals surface area contributed by atoms with Gasteiger partial charge in [0.1, 0.15) is 11.5 Å². The highest BCUT2D eigenvalue weighted by molar-refractivity contribution is 9.10. The van der Waals surface area contributed by atoms with E-state index in [1.807, 2.05) is 0 Å². The van der Waals surface area contributed by atoms with E-state index >= 15 is 0 Å². The molecule has 0 radical (unpaired) electrons. The molecule has 0 unspecified atom stereocenters. The molecule has 1 fully saturated rings. The summed E-state index contributed by atoms with van der Waals surface area (Å²) in [5, 5.41) is 3.69. The zero-order valence-corrected chi connectivity index (χ0v) is 15.5. The van der Waals surface area contributed by atoms with Crippen molar-refractivity contribution in [3.8, 4) is 11.3 Å². The third kappa shape index (κ3) is 4.71. The molecule has 2 aromatic rings. The summed E-state index contributed by atoms with van der Waals surface area (Å²) in [6, 6.07) is 11.2. The van der Waals surface area contributed by atoms with Gasteiger partial charge in [-0.2, -0.15) is 0 Å². The van der Waals surface area contributed by atoms with E-state index in [0.29, 0.717) is 6.04 Å². The second-order valence-corrected chi connectivity index (χ2v) is 7.56. The number of hydrogen-bond donors (Lipinski definition) is 1. The van der Waals surface area contributed by atoms with Crippen molar-refractivity contribution in [3.05, 3.63) is 46.1 Å². The minimum atomic E-state index is 0.651. The average Bonchev–Trinajstić information content (AvgIpc) is 2.94. The van der Waals surface area contributed by atoms with E-state index in [-0.39, 0.29) is 0 Å². The lowest BCUT2D eigenvalue weighted by Gasteiger charge is -2.20. The van der Waals surface area contributed by atoms with Crippen molar-refractivity contribution in [1.29, 1.82) is 0 Å². The van der Waals surface area contributed by atoms with Crippen molar-refractivity contribution in [2.45, 2.75) is 64.5 Å². The number of furan rings is 1. The lowest BCUT2D eigenvalue weighted by molar-refractivity contribution is 0.372. The molecule has 0 aliphatic heterocycles. The van der Waals surface area contributed by atoms with E-state index in [1.54, 1.807) is 0 Å². The highest BCUT2D eigenvalue weighted by atomic mass is 79.9. The predicted molar refractivity (Wildman–Crippen MR) is 99.5 cm³/mol. The topological polar surface area (TPSA) is 25.2 Å². The molecule has 0 amide bonds. The summed E-state index contributed by atoms with van der Waals surface area (Å²) in [5.74, 6) is 1.99. The third-order valence-corrected chi connectivity index (χ3v) is 5.28. The van der Waals surface area contributed by atoms with Crippen LogP contribution in [0.3, 0.4) is 0 Å². The molecule has 1 aliphatic rings. The minimum absolute atomic E-state index is 0.651. The first-order valence-electron chi connectivity index (χ1n) is 8.81. The molecule has 1 aromatic carbocycles. The van der Waals surface area contributed by atoms with Crippen LogP contribution in [0.2, 0.25) is 0 Å². The lowest BCUT2D eigenvalue weighted by atomic mass is 9.97. The molecule has 0 spiro atoms. The van der Waals surface area contributed by atoms with Gasteiger partial charge in [0.2, 0.25) is 0 Å². The molecule has 1 saturated carbocycles. The summed E-state index contributed by atoms with van der Waals surface area (Å²) < 4.78 is 7.17. The van der Waals surface area contributed by atoms with Gasteiger partial charge in [0.15, 0.2) is 0 Å². The van der Waals surface area contributed by atoms with Crippen molar-refractivity contribution < 1.29 is 4.42 Å². The Morgan fingerprint density at radius 1 is 1.04 bits per heavy atom. The van der Waals surface area contributed by atoms with Gasteiger partial charge in [0.25, 0.3) is 0 Å². The van der Waals surface area contributed by atoms with Crippen LogP contribution in [-0.2, 0) is 6.54 Å². The van der Waals surface area contributed by atoms with Crippen LogP contribution < -0.4 is 5.32 Å². The van der Waals surface area contributed by atoms with Crippen LogP contribution in [0.5, 0.6) is 0 Å². The maximum atomic E-state index is 6.06. The fourth-order valence-corrected chi connectivity index (χ4v) is 3.90. The molecule has 3 heteroatoms. The molecule has 2 nitrogen and oxygen atoms in total. The van der Waals surface area contributed by atoms with Gasteiger partial charge in [-0.25, -0.2) is 0 Å². The molecule has 1 N–H and O–H groups in total. The Balaban J connectivity index is 1.60. The Labute approximate surface area is 147 Å². The number of aryl methyl sites for hydroxylation is 1. The van der Waals surface area contributed by atoms with E-state index < -0.39 is 0 Å². The summed E-state index contributed by atoms with van der Waals surface area (Å²) in [6.45, 7) is 2.95. The maximum absolute atomic E-state index is 6.06. The quantitative estimate of drug-likeness (QED) is 0.685. The highest BCUT2D eigenvalue weighted by Crippen LogP contribution is 2.28. The molecule has 124 valence electrons. The maximum Gasteiger partial charge on any atom is 0.134 e. The number of hydrogen-bond acceptors (Lipinski definition) is 2. The van der Waals surface area contributed by atoms with Crippen molar-refractivity contribution in [2.75, 3.05) is 0 Å². The molecule has 1 aliphatic carbocycles. The van der Waals surface area contributed by atoms with E-state index in [9.17, 15) is 0 Å². The van der Waals surface area contributed by atoms with Gasteiger partial charge in [-0.15, -0.1) is 0 Å². The lowest BCUT2D eigenvalue weighted by Crippen LogP contribution is -2.29. The molecule has 0 bridgehead atoms. The molecular weight excluding hydrogens is 350 g/mol. The van der Waals surface area contributed by atoms with Crippen molar-refractivity contribution in [1.82, 2.24) is 5.32 Å². The highest BCUT2D eigenvalue weighted by Gasteiger charge is 2.12. The largest absolute Gasteiger partial charge is 0.460 e. The van der Waals surface area contributed by atoms with Crippen LogP contribution in [0.1, 0.15) is 56.3 Å². The van der Waals surface area contributed by atoms with Gasteiger partial charge in [0, 0.05) is 16.1 Å². The fraction of sp³-hybridized carbons (Fsp3) is 0.500. The first-order valence-corrected chi connectivity index (χ1v) is 9.60. The van der Waals surface area contributed by atoms with E-state index in [2.05, 4.69) is 58.5 Å². The third-order valence-electron chi connectivity index (χ3n) is 4.79. The van der Waals surface area contributed by atoms with Gasteiger partial charge in [-0.05, 0) is 55.7 Å². The first kappa shape index (κ1) is 16.8. The SMILES string of the molecule is Cc1cc(Br)ccc1-c1ccc(CNC2CCCCCCC2)o1. The summed E-state index contributed by atoms with van der Waals surface area (Å²) in [7, 11) is 0. The van der Waals surface area contributed by atoms with Gasteiger partial charge >= 0.3 is 0 Å². The minimum Gasteiger partial charge on any atom is -0.460 e. The van der Waals surface area contributed by atoms with Gasteiger partial charge in [0.05, 0.1) is 6.54 Å². The first-order chi connectivity index (χ1) is 11.2. The Morgan fingerprint density at radius 3 is 2.52 bits per heavy atom. The van der Waals surface area contributed by atoms with Crippen molar-refractivity contribution in [3.63, 3.8) is 0 Å². The van der Waals surface area contributed by atoms with E-state index in [0.717, 1.165) is 22.5 Å². The number of benzene rings is 1.